The molecular formula is C32H40BN7O4S. The summed E-state index contributed by atoms with van der Waals surface area (Å²) >= 11 is 0. The molecule has 2 aliphatic heterocycles. The average molecular weight is 630 g/mol. The normalized spacial score (nSPS) is 25.1. The molecule has 3 aromatic rings. The molecule has 13 heteroatoms. The van der Waals surface area contributed by atoms with Gasteiger partial charge in [0.25, 0.3) is 15.9 Å². The van der Waals surface area contributed by atoms with Crippen LogP contribution in [-0.4, -0.2) is 67.2 Å². The van der Waals surface area contributed by atoms with Gasteiger partial charge in [-0.1, -0.05) is 6.07 Å². The molecule has 45 heavy (non-hydrogen) atoms. The lowest BCUT2D eigenvalue weighted by molar-refractivity contribution is 0.0981. The van der Waals surface area contributed by atoms with E-state index in [1.807, 2.05) is 20.1 Å². The van der Waals surface area contributed by atoms with E-state index in [4.69, 9.17) is 9.72 Å². The predicted molar refractivity (Wildman–Crippen MR) is 173 cm³/mol. The fourth-order valence-corrected chi connectivity index (χ4v) is 9.63. The van der Waals surface area contributed by atoms with E-state index >= 15 is 0 Å². The minimum absolute atomic E-state index is 0.187. The first-order valence-electron chi connectivity index (χ1n) is 16.3. The van der Waals surface area contributed by atoms with Crippen molar-refractivity contribution in [3.8, 4) is 11.7 Å². The third-order valence-electron chi connectivity index (χ3n) is 11.3. The topological polar surface area (TPSA) is 131 Å². The van der Waals surface area contributed by atoms with Gasteiger partial charge in [0.1, 0.15) is 19.5 Å². The van der Waals surface area contributed by atoms with Crippen LogP contribution < -0.4 is 25.1 Å². The van der Waals surface area contributed by atoms with Crippen LogP contribution in [0.1, 0.15) is 75.6 Å². The molecule has 5 heterocycles. The Labute approximate surface area is 265 Å². The highest BCUT2D eigenvalue weighted by atomic mass is 32.2. The number of anilines is 2. The van der Waals surface area contributed by atoms with Gasteiger partial charge in [0.05, 0.1) is 12.2 Å². The van der Waals surface area contributed by atoms with E-state index in [0.717, 1.165) is 37.1 Å². The lowest BCUT2D eigenvalue weighted by atomic mass is 9.93. The summed E-state index contributed by atoms with van der Waals surface area (Å²) in [5.74, 6) is 2.49. The summed E-state index contributed by atoms with van der Waals surface area (Å²) in [7, 11) is -2.36. The van der Waals surface area contributed by atoms with Crippen molar-refractivity contribution in [2.24, 2.45) is 22.7 Å². The minimum atomic E-state index is -4.24. The Bertz CT molecular complexity index is 1780. The van der Waals surface area contributed by atoms with Gasteiger partial charge in [-0.05, 0) is 112 Å². The summed E-state index contributed by atoms with van der Waals surface area (Å²) in [6, 6.07) is 8.29. The van der Waals surface area contributed by atoms with Crippen molar-refractivity contribution in [3.63, 3.8) is 0 Å². The second kappa shape index (κ2) is 9.95. The molecule has 3 aromatic heterocycles. The van der Waals surface area contributed by atoms with Gasteiger partial charge in [0.2, 0.25) is 5.88 Å². The van der Waals surface area contributed by atoms with Gasteiger partial charge in [-0.25, -0.2) is 19.4 Å². The number of nitrogens with one attached hydrogen (secondary N) is 2. The molecule has 1 atom stereocenters. The number of sulfonamides is 1. The van der Waals surface area contributed by atoms with Crippen LogP contribution in [0.15, 0.2) is 41.6 Å². The van der Waals surface area contributed by atoms with Crippen molar-refractivity contribution in [1.29, 1.82) is 0 Å². The van der Waals surface area contributed by atoms with Crippen LogP contribution in [0.4, 0.5) is 11.6 Å². The molecule has 11 nitrogen and oxygen atoms in total. The maximum Gasteiger partial charge on any atom is 0.281 e. The zero-order valence-electron chi connectivity index (χ0n) is 26.2. The number of pyridine rings is 2. The fourth-order valence-electron chi connectivity index (χ4n) is 8.72. The van der Waals surface area contributed by atoms with Crippen molar-refractivity contribution in [2.75, 3.05) is 29.9 Å². The Morgan fingerprint density at radius 2 is 1.84 bits per heavy atom. The molecule has 4 fully saturated rings. The molecule has 0 radical (unpaired) electrons. The highest BCUT2D eigenvalue weighted by molar-refractivity contribution is 7.90. The summed E-state index contributed by atoms with van der Waals surface area (Å²) in [5, 5.41) is 7.73. The average Bonchev–Trinajstić information content (AvgIpc) is 3.95. The number of fused-ring (bicyclic) bond motifs is 7. The Morgan fingerprint density at radius 1 is 1.07 bits per heavy atom. The highest BCUT2D eigenvalue weighted by Crippen LogP contribution is 2.93. The minimum Gasteiger partial charge on any atom is -0.477 e. The number of hydrogen-bond donors (Lipinski definition) is 2. The predicted octanol–water partition coefficient (Wildman–Crippen LogP) is 2.81. The first-order valence-corrected chi connectivity index (χ1v) is 17.8. The van der Waals surface area contributed by atoms with Gasteiger partial charge in [0, 0.05) is 30.9 Å². The zero-order chi connectivity index (χ0) is 31.2. The summed E-state index contributed by atoms with van der Waals surface area (Å²) in [5.41, 5.74) is 2.06. The standard InChI is InChI=1S/C32H40BN7O4S/c1-30(2)18-20-4-3-15-34-27-22(33)6-8-26(36-27)45(42,43)38-29(41)21-5-7-24(35-28(21)39(30)19-20)40-16-9-25(37-40)44-17-10-23-31(11-12-31)32(23)13-14-32/h5-9,16,20,23H,3-4,10-15,17-19,33H2,1-2H3,(H,34,36)(H,38,41)/t20-/m0/s1. The van der Waals surface area contributed by atoms with Gasteiger partial charge in [-0.3, -0.25) is 4.79 Å². The van der Waals surface area contributed by atoms with Crippen molar-refractivity contribution in [3.05, 3.63) is 42.1 Å². The second-order valence-corrected chi connectivity index (χ2v) is 16.1. The molecule has 8 rings (SSSR count). The Hall–Kier alpha value is -3.61. The largest absolute Gasteiger partial charge is 0.477 e. The molecular weight excluding hydrogens is 589 g/mol. The van der Waals surface area contributed by atoms with Crippen LogP contribution in [0.5, 0.6) is 5.88 Å². The number of carbonyl (C=O) groups excluding carboxylic acids is 1. The van der Waals surface area contributed by atoms with Crippen LogP contribution in [0.2, 0.25) is 0 Å². The number of hydrogen-bond acceptors (Lipinski definition) is 9. The molecule has 0 aromatic carbocycles. The zero-order valence-corrected chi connectivity index (χ0v) is 27.0. The van der Waals surface area contributed by atoms with E-state index in [9.17, 15) is 13.2 Å². The summed E-state index contributed by atoms with van der Waals surface area (Å²) in [6.45, 7) is 6.34. The molecule has 3 saturated carbocycles. The number of aromatic nitrogens is 4. The number of amides is 1. The third-order valence-corrected chi connectivity index (χ3v) is 12.5. The summed E-state index contributed by atoms with van der Waals surface area (Å²) in [4.78, 5) is 25.1. The van der Waals surface area contributed by atoms with E-state index in [1.54, 1.807) is 22.9 Å². The molecule has 2 spiro atoms. The molecule has 0 unspecified atom stereocenters. The highest BCUT2D eigenvalue weighted by Gasteiger charge is 2.85. The van der Waals surface area contributed by atoms with Crippen LogP contribution in [0.3, 0.4) is 0 Å². The molecule has 3 aliphatic carbocycles. The molecule has 4 bridgehead atoms. The van der Waals surface area contributed by atoms with Crippen molar-refractivity contribution < 1.29 is 17.9 Å². The van der Waals surface area contributed by atoms with Crippen LogP contribution >= 0.6 is 0 Å². The Morgan fingerprint density at radius 3 is 2.60 bits per heavy atom. The molecule has 1 amide bonds. The number of ether oxygens (including phenoxy) is 1. The lowest BCUT2D eigenvalue weighted by Crippen LogP contribution is -2.41. The maximum absolute atomic E-state index is 13.7. The molecule has 2 N–H and O–H groups in total. The summed E-state index contributed by atoms with van der Waals surface area (Å²) < 4.78 is 36.7. The van der Waals surface area contributed by atoms with Gasteiger partial charge in [-0.2, -0.15) is 8.42 Å². The van der Waals surface area contributed by atoms with Gasteiger partial charge < -0.3 is 15.0 Å². The van der Waals surface area contributed by atoms with Crippen molar-refractivity contribution in [1.82, 2.24) is 24.5 Å². The van der Waals surface area contributed by atoms with Gasteiger partial charge in [0.15, 0.2) is 10.8 Å². The molecule has 5 aliphatic rings. The van der Waals surface area contributed by atoms with Gasteiger partial charge in [-0.15, -0.1) is 5.10 Å². The summed E-state index contributed by atoms with van der Waals surface area (Å²) in [6.07, 6.45) is 11.3. The fraction of sp³-hybridized carbons (Fsp3) is 0.562. The number of rotatable bonds is 5. The van der Waals surface area contributed by atoms with Gasteiger partial charge >= 0.3 is 0 Å². The maximum atomic E-state index is 13.7. The lowest BCUT2D eigenvalue weighted by Gasteiger charge is -2.34. The van der Waals surface area contributed by atoms with E-state index in [2.05, 4.69) is 38.9 Å². The number of carbonyl (C=O) groups is 1. The third kappa shape index (κ3) is 4.80. The van der Waals surface area contributed by atoms with Crippen molar-refractivity contribution >= 4 is 40.9 Å². The number of nitrogens with zero attached hydrogens (tertiary/aromatic N) is 5. The Kier molecular flexibility index (Phi) is 6.37. The first-order chi connectivity index (χ1) is 21.5. The van der Waals surface area contributed by atoms with E-state index in [0.29, 0.717) is 59.8 Å². The van der Waals surface area contributed by atoms with E-state index < -0.39 is 15.9 Å². The van der Waals surface area contributed by atoms with Crippen LogP contribution in [-0.2, 0) is 10.0 Å². The smallest absolute Gasteiger partial charge is 0.281 e. The van der Waals surface area contributed by atoms with E-state index in [1.165, 1.54) is 31.7 Å². The SMILES string of the molecule is Bc1ccc2nc1NCCC[C@@H]1CN(c3nc(-n4ccc(OCCC5C6(CC6)C56CC6)n4)ccc3C(=O)NS2(=O)=O)C(C)(C)C1. The molecule has 1 saturated heterocycles. The van der Waals surface area contributed by atoms with Crippen LogP contribution in [0, 0.1) is 22.7 Å². The Balaban J connectivity index is 1.08. The quantitative estimate of drug-likeness (QED) is 0.409. The second-order valence-electron chi connectivity index (χ2n) is 14.5. The monoisotopic (exact) mass is 629 g/mol. The van der Waals surface area contributed by atoms with E-state index in [-0.39, 0.29) is 16.1 Å². The van der Waals surface area contributed by atoms with Crippen LogP contribution in [0.25, 0.3) is 5.82 Å². The van der Waals surface area contributed by atoms with Crippen molar-refractivity contribution in [2.45, 2.75) is 75.8 Å². The first kappa shape index (κ1) is 28.8. The molecule has 236 valence electrons.